The molecule has 3 aliphatic rings. The van der Waals surface area contributed by atoms with Gasteiger partial charge in [-0.2, -0.15) is 0 Å². The molecule has 1 atom stereocenters. The Morgan fingerprint density at radius 3 is 2.09 bits per heavy atom. The molecule has 0 aromatic heterocycles. The van der Waals surface area contributed by atoms with Gasteiger partial charge in [-0.05, 0) is 69.3 Å². The number of rotatable bonds is 5. The van der Waals surface area contributed by atoms with Gasteiger partial charge in [0.15, 0.2) is 0 Å². The van der Waals surface area contributed by atoms with Gasteiger partial charge in [0.25, 0.3) is 0 Å². The molecule has 4 rings (SSSR count). The minimum absolute atomic E-state index is 0.110. The van der Waals surface area contributed by atoms with Crippen molar-refractivity contribution in [2.24, 2.45) is 0 Å². The molecule has 1 saturated carbocycles. The van der Waals surface area contributed by atoms with Crippen LogP contribution in [0.4, 0.5) is 13.2 Å². The number of alkyl halides is 3. The number of carbonyl (C=O) groups excluding carboxylic acids is 1. The van der Waals surface area contributed by atoms with E-state index in [4.69, 9.17) is 0 Å². The summed E-state index contributed by atoms with van der Waals surface area (Å²) in [5.74, 6) is -1.21. The van der Waals surface area contributed by atoms with Gasteiger partial charge in [-0.15, -0.1) is 13.2 Å². The predicted molar refractivity (Wildman–Crippen MR) is 119 cm³/mol. The summed E-state index contributed by atoms with van der Waals surface area (Å²) in [5, 5.41) is 11.5. The van der Waals surface area contributed by atoms with Gasteiger partial charge < -0.3 is 19.6 Å². The average Bonchev–Trinajstić information content (AvgIpc) is 2.80. The van der Waals surface area contributed by atoms with Crippen LogP contribution in [-0.2, 0) is 4.79 Å². The predicted octanol–water partition coefficient (Wildman–Crippen LogP) is 4.84. The largest absolute Gasteiger partial charge is 0.573 e. The SMILES string of the molecule is O=C(C(c1ccc(OC(F)(F)F)cc1)C1(O)CCCCC1)N1CCC(N2CCCCC2)CC1. The molecular formula is C25H35F3N2O3. The summed E-state index contributed by atoms with van der Waals surface area (Å²) in [5.41, 5.74) is -0.622. The number of amides is 1. The normalized spacial score (nSPS) is 23.8. The zero-order valence-electron chi connectivity index (χ0n) is 19.2. The highest BCUT2D eigenvalue weighted by molar-refractivity contribution is 5.85. The van der Waals surface area contributed by atoms with E-state index in [1.807, 2.05) is 4.90 Å². The maximum atomic E-state index is 13.7. The molecule has 1 unspecified atom stereocenters. The lowest BCUT2D eigenvalue weighted by Crippen LogP contribution is -2.52. The Balaban J connectivity index is 1.49. The second kappa shape index (κ2) is 10.2. The molecule has 1 aromatic carbocycles. The first-order chi connectivity index (χ1) is 15.8. The van der Waals surface area contributed by atoms with Gasteiger partial charge >= 0.3 is 6.36 Å². The third-order valence-corrected chi connectivity index (χ3v) is 7.63. The van der Waals surface area contributed by atoms with Crippen LogP contribution < -0.4 is 4.74 Å². The summed E-state index contributed by atoms with van der Waals surface area (Å²) in [6.45, 7) is 3.57. The molecule has 1 aliphatic carbocycles. The molecule has 2 saturated heterocycles. The molecule has 3 fully saturated rings. The monoisotopic (exact) mass is 468 g/mol. The van der Waals surface area contributed by atoms with Gasteiger partial charge in [-0.3, -0.25) is 4.79 Å². The van der Waals surface area contributed by atoms with E-state index in [2.05, 4.69) is 9.64 Å². The molecule has 1 N–H and O–H groups in total. The van der Waals surface area contributed by atoms with Crippen LogP contribution in [0.5, 0.6) is 5.75 Å². The fraction of sp³-hybridized carbons (Fsp3) is 0.720. The summed E-state index contributed by atoms with van der Waals surface area (Å²) < 4.78 is 41.7. The van der Waals surface area contributed by atoms with Crippen molar-refractivity contribution in [1.29, 1.82) is 0 Å². The van der Waals surface area contributed by atoms with Crippen LogP contribution in [0.25, 0.3) is 0 Å². The zero-order chi connectivity index (χ0) is 23.5. The van der Waals surface area contributed by atoms with Crippen LogP contribution in [0.2, 0.25) is 0 Å². The van der Waals surface area contributed by atoms with Crippen molar-refractivity contribution in [2.45, 2.75) is 88.1 Å². The maximum absolute atomic E-state index is 13.7. The highest BCUT2D eigenvalue weighted by Crippen LogP contribution is 2.42. The lowest BCUT2D eigenvalue weighted by atomic mass is 9.72. The molecule has 0 bridgehead atoms. The van der Waals surface area contributed by atoms with Crippen molar-refractivity contribution in [2.75, 3.05) is 26.2 Å². The Morgan fingerprint density at radius 2 is 1.52 bits per heavy atom. The van der Waals surface area contributed by atoms with E-state index in [0.29, 0.717) is 37.5 Å². The highest BCUT2D eigenvalue weighted by Gasteiger charge is 2.45. The number of carbonyl (C=O) groups is 1. The number of hydrogen-bond acceptors (Lipinski definition) is 4. The Morgan fingerprint density at radius 1 is 0.939 bits per heavy atom. The lowest BCUT2D eigenvalue weighted by Gasteiger charge is -2.44. The van der Waals surface area contributed by atoms with Crippen molar-refractivity contribution in [3.05, 3.63) is 29.8 Å². The van der Waals surface area contributed by atoms with Crippen molar-refractivity contribution in [3.63, 3.8) is 0 Å². The van der Waals surface area contributed by atoms with E-state index >= 15 is 0 Å². The fourth-order valence-electron chi connectivity index (χ4n) is 5.91. The standard InChI is InChI=1S/C25H35F3N2O3/c26-25(27,28)33-21-9-7-19(8-10-21)22(24(32)13-3-1-4-14-24)23(31)30-17-11-20(12-18-30)29-15-5-2-6-16-29/h7-10,20,22,32H,1-6,11-18H2. The van der Waals surface area contributed by atoms with E-state index in [0.717, 1.165) is 45.2 Å². The Labute approximate surface area is 193 Å². The van der Waals surface area contributed by atoms with E-state index in [1.165, 1.54) is 43.5 Å². The highest BCUT2D eigenvalue weighted by atomic mass is 19.4. The van der Waals surface area contributed by atoms with Gasteiger partial charge in [-0.25, -0.2) is 0 Å². The van der Waals surface area contributed by atoms with E-state index in [1.54, 1.807) is 0 Å². The van der Waals surface area contributed by atoms with Crippen molar-refractivity contribution >= 4 is 5.91 Å². The first-order valence-electron chi connectivity index (χ1n) is 12.4. The number of aliphatic hydroxyl groups is 1. The molecule has 184 valence electrons. The number of likely N-dealkylation sites (tertiary alicyclic amines) is 2. The van der Waals surface area contributed by atoms with Crippen LogP contribution in [-0.4, -0.2) is 65.0 Å². The second-order valence-electron chi connectivity index (χ2n) is 9.87. The molecule has 5 nitrogen and oxygen atoms in total. The Bertz CT molecular complexity index is 779. The maximum Gasteiger partial charge on any atom is 0.573 e. The molecule has 1 aromatic rings. The van der Waals surface area contributed by atoms with Gasteiger partial charge in [0.2, 0.25) is 5.91 Å². The smallest absolute Gasteiger partial charge is 0.406 e. The van der Waals surface area contributed by atoms with Gasteiger partial charge in [0.05, 0.1) is 11.5 Å². The number of benzene rings is 1. The average molecular weight is 469 g/mol. The summed E-state index contributed by atoms with van der Waals surface area (Å²) in [6.07, 6.45) is 4.60. The van der Waals surface area contributed by atoms with E-state index < -0.39 is 17.9 Å². The summed E-state index contributed by atoms with van der Waals surface area (Å²) >= 11 is 0. The quantitative estimate of drug-likeness (QED) is 0.672. The third kappa shape index (κ3) is 6.01. The molecule has 8 heteroatoms. The molecule has 0 radical (unpaired) electrons. The van der Waals surface area contributed by atoms with Crippen molar-refractivity contribution in [3.8, 4) is 5.75 Å². The van der Waals surface area contributed by atoms with Crippen LogP contribution in [0.3, 0.4) is 0 Å². The minimum atomic E-state index is -4.77. The number of ether oxygens (including phenoxy) is 1. The van der Waals surface area contributed by atoms with Gasteiger partial charge in [0, 0.05) is 19.1 Å². The molecule has 0 spiro atoms. The summed E-state index contributed by atoms with van der Waals surface area (Å²) in [6, 6.07) is 5.97. The summed E-state index contributed by atoms with van der Waals surface area (Å²) in [4.78, 5) is 18.2. The van der Waals surface area contributed by atoms with Gasteiger partial charge in [-0.1, -0.05) is 37.8 Å². The van der Waals surface area contributed by atoms with Gasteiger partial charge in [0.1, 0.15) is 5.75 Å². The number of nitrogens with zero attached hydrogens (tertiary/aromatic N) is 2. The van der Waals surface area contributed by atoms with Crippen LogP contribution in [0.15, 0.2) is 24.3 Å². The Kier molecular flexibility index (Phi) is 7.53. The Hall–Kier alpha value is -1.80. The number of hydrogen-bond donors (Lipinski definition) is 1. The van der Waals surface area contributed by atoms with Crippen LogP contribution >= 0.6 is 0 Å². The number of halogens is 3. The first kappa shape index (κ1) is 24.3. The fourth-order valence-corrected chi connectivity index (χ4v) is 5.91. The van der Waals surface area contributed by atoms with Crippen molar-refractivity contribution in [1.82, 2.24) is 9.80 Å². The zero-order valence-corrected chi connectivity index (χ0v) is 19.2. The van der Waals surface area contributed by atoms with E-state index in [9.17, 15) is 23.1 Å². The molecule has 2 heterocycles. The minimum Gasteiger partial charge on any atom is -0.406 e. The topological polar surface area (TPSA) is 53.0 Å². The molecule has 2 aliphatic heterocycles. The molecule has 33 heavy (non-hydrogen) atoms. The summed E-state index contributed by atoms with van der Waals surface area (Å²) in [7, 11) is 0. The van der Waals surface area contributed by atoms with Crippen LogP contribution in [0, 0.1) is 0 Å². The molecular weight excluding hydrogens is 433 g/mol. The van der Waals surface area contributed by atoms with Crippen LogP contribution in [0.1, 0.15) is 75.7 Å². The molecule has 1 amide bonds. The van der Waals surface area contributed by atoms with E-state index in [-0.39, 0.29) is 11.7 Å². The lowest BCUT2D eigenvalue weighted by molar-refractivity contribution is -0.274. The third-order valence-electron chi connectivity index (χ3n) is 7.63. The van der Waals surface area contributed by atoms with Crippen molar-refractivity contribution < 1.29 is 27.8 Å². The first-order valence-corrected chi connectivity index (χ1v) is 12.4. The second-order valence-corrected chi connectivity index (χ2v) is 9.87. The number of piperidine rings is 2.